The van der Waals surface area contributed by atoms with Crippen LogP contribution in [0.2, 0.25) is 0 Å². The van der Waals surface area contributed by atoms with Gasteiger partial charge < -0.3 is 23.8 Å². The molecule has 0 bridgehead atoms. The van der Waals surface area contributed by atoms with E-state index >= 15 is 0 Å². The summed E-state index contributed by atoms with van der Waals surface area (Å²) in [5, 5.41) is 2.74. The largest absolute Gasteiger partial charge is 0.467 e. The number of rotatable bonds is 7. The van der Waals surface area contributed by atoms with Gasteiger partial charge in [-0.15, -0.1) is 0 Å². The maximum atomic E-state index is 12.6. The van der Waals surface area contributed by atoms with Crippen LogP contribution >= 0.6 is 0 Å². The minimum atomic E-state index is -0.723. The summed E-state index contributed by atoms with van der Waals surface area (Å²) in [5.74, 6) is -0.911. The summed E-state index contributed by atoms with van der Waals surface area (Å²) in [7, 11) is 1.51. The van der Waals surface area contributed by atoms with Crippen molar-refractivity contribution in [2.75, 3.05) is 18.6 Å². The lowest BCUT2D eigenvalue weighted by atomic mass is 10.1. The molecule has 0 fully saturated rings. The van der Waals surface area contributed by atoms with Crippen LogP contribution in [0.15, 0.2) is 63.8 Å². The lowest BCUT2D eigenvalue weighted by Crippen LogP contribution is -2.33. The van der Waals surface area contributed by atoms with E-state index in [1.165, 1.54) is 24.5 Å². The van der Waals surface area contributed by atoms with E-state index in [1.54, 1.807) is 49.4 Å². The number of ether oxygens (including phenoxy) is 1. The molecule has 0 saturated heterocycles. The first-order chi connectivity index (χ1) is 14.0. The topological polar surface area (TPSA) is 102 Å². The summed E-state index contributed by atoms with van der Waals surface area (Å²) in [6.45, 7) is 1.43. The van der Waals surface area contributed by atoms with E-state index in [1.807, 2.05) is 0 Å². The molecule has 0 atom stereocenters. The summed E-state index contributed by atoms with van der Waals surface area (Å²) in [6, 6.07) is 11.8. The smallest absolute Gasteiger partial charge is 0.375 e. The maximum absolute atomic E-state index is 12.6. The monoisotopic (exact) mass is 396 g/mol. The average Bonchev–Trinajstić information content (AvgIpc) is 3.41. The number of aryl methyl sites for hydroxylation is 1. The van der Waals surface area contributed by atoms with Gasteiger partial charge in [0.05, 0.1) is 30.3 Å². The van der Waals surface area contributed by atoms with Crippen molar-refractivity contribution in [3.05, 3.63) is 77.6 Å². The first-order valence-corrected chi connectivity index (χ1v) is 8.84. The van der Waals surface area contributed by atoms with Gasteiger partial charge in [0.25, 0.3) is 11.8 Å². The third-order valence-corrected chi connectivity index (χ3v) is 4.26. The number of carbonyl (C=O) groups is 3. The van der Waals surface area contributed by atoms with Gasteiger partial charge in [-0.25, -0.2) is 4.79 Å². The number of hydrogen-bond acceptors (Lipinski definition) is 6. The van der Waals surface area contributed by atoms with Gasteiger partial charge in [0.15, 0.2) is 6.61 Å². The van der Waals surface area contributed by atoms with E-state index in [2.05, 4.69) is 5.32 Å². The number of likely N-dealkylation sites (N-methyl/N-ethyl adjacent to an activating group) is 1. The maximum Gasteiger partial charge on any atom is 0.375 e. The highest BCUT2D eigenvalue weighted by Crippen LogP contribution is 2.20. The fourth-order valence-corrected chi connectivity index (χ4v) is 2.64. The van der Waals surface area contributed by atoms with Crippen molar-refractivity contribution in [1.29, 1.82) is 0 Å². The minimum Gasteiger partial charge on any atom is -0.467 e. The van der Waals surface area contributed by atoms with Crippen LogP contribution < -0.4 is 10.2 Å². The van der Waals surface area contributed by atoms with Crippen molar-refractivity contribution < 1.29 is 28.0 Å². The molecule has 0 saturated carbocycles. The van der Waals surface area contributed by atoms with Crippen LogP contribution in [-0.2, 0) is 16.1 Å². The molecule has 3 rings (SSSR count). The number of hydrogen-bond donors (Lipinski definition) is 1. The van der Waals surface area contributed by atoms with Gasteiger partial charge in [-0.1, -0.05) is 12.1 Å². The molecular formula is C21H20N2O6. The highest BCUT2D eigenvalue weighted by molar-refractivity contribution is 6.05. The number of para-hydroxylation sites is 1. The molecule has 0 unspecified atom stereocenters. The summed E-state index contributed by atoms with van der Waals surface area (Å²) in [6.07, 6.45) is 2.89. The predicted molar refractivity (Wildman–Crippen MR) is 103 cm³/mol. The zero-order valence-electron chi connectivity index (χ0n) is 16.0. The van der Waals surface area contributed by atoms with Crippen LogP contribution in [0.4, 0.5) is 5.69 Å². The van der Waals surface area contributed by atoms with E-state index in [0.29, 0.717) is 22.6 Å². The van der Waals surface area contributed by atoms with Gasteiger partial charge in [0.2, 0.25) is 5.76 Å². The second kappa shape index (κ2) is 8.92. The Labute approximate surface area is 167 Å². The zero-order valence-corrected chi connectivity index (χ0v) is 16.0. The molecule has 0 radical (unpaired) electrons. The number of carbonyl (C=O) groups excluding carboxylic acids is 3. The number of anilines is 1. The molecule has 0 aliphatic heterocycles. The van der Waals surface area contributed by atoms with Crippen molar-refractivity contribution in [2.45, 2.75) is 13.5 Å². The quantitative estimate of drug-likeness (QED) is 0.616. The van der Waals surface area contributed by atoms with Crippen molar-refractivity contribution in [3.8, 4) is 0 Å². The van der Waals surface area contributed by atoms with E-state index in [-0.39, 0.29) is 18.2 Å². The average molecular weight is 396 g/mol. The standard InChI is InChI=1S/C21H20N2O6/c1-14-9-11-28-19(14)21(26)29-13-18(24)23(2)17-8-4-3-7-16(17)20(25)22-12-15-6-5-10-27-15/h3-11H,12-13H2,1-2H3,(H,22,25). The molecule has 8 heteroatoms. The fraction of sp³-hybridized carbons (Fsp3) is 0.190. The normalized spacial score (nSPS) is 10.4. The molecule has 1 N–H and O–H groups in total. The predicted octanol–water partition coefficient (Wildman–Crippen LogP) is 2.93. The van der Waals surface area contributed by atoms with Gasteiger partial charge in [0, 0.05) is 12.6 Å². The Morgan fingerprint density at radius 2 is 1.83 bits per heavy atom. The Balaban J connectivity index is 1.64. The van der Waals surface area contributed by atoms with E-state index in [4.69, 9.17) is 13.6 Å². The van der Waals surface area contributed by atoms with Crippen molar-refractivity contribution in [3.63, 3.8) is 0 Å². The van der Waals surface area contributed by atoms with Gasteiger partial charge >= 0.3 is 5.97 Å². The van der Waals surface area contributed by atoms with Gasteiger partial charge in [-0.2, -0.15) is 0 Å². The van der Waals surface area contributed by atoms with Gasteiger partial charge in [0.1, 0.15) is 5.76 Å². The molecule has 1 aromatic carbocycles. The zero-order chi connectivity index (χ0) is 20.8. The molecule has 150 valence electrons. The Morgan fingerprint density at radius 3 is 2.52 bits per heavy atom. The number of esters is 1. The van der Waals surface area contributed by atoms with Crippen LogP contribution in [0.3, 0.4) is 0 Å². The molecule has 3 aromatic rings. The molecule has 8 nitrogen and oxygen atoms in total. The van der Waals surface area contributed by atoms with Crippen LogP contribution in [0.1, 0.15) is 32.2 Å². The lowest BCUT2D eigenvalue weighted by molar-refractivity contribution is -0.121. The summed E-state index contributed by atoms with van der Waals surface area (Å²) < 4.78 is 15.3. The number of nitrogens with one attached hydrogen (secondary N) is 1. The van der Waals surface area contributed by atoms with E-state index < -0.39 is 18.5 Å². The van der Waals surface area contributed by atoms with Crippen LogP contribution in [0, 0.1) is 6.92 Å². The molecule has 0 aliphatic carbocycles. The van der Waals surface area contributed by atoms with Crippen molar-refractivity contribution in [2.24, 2.45) is 0 Å². The summed E-state index contributed by atoms with van der Waals surface area (Å²) in [5.41, 5.74) is 1.32. The molecule has 29 heavy (non-hydrogen) atoms. The van der Waals surface area contributed by atoms with E-state index in [0.717, 1.165) is 0 Å². The van der Waals surface area contributed by atoms with Crippen molar-refractivity contribution in [1.82, 2.24) is 5.32 Å². The lowest BCUT2D eigenvalue weighted by Gasteiger charge is -2.20. The number of amides is 2. The highest BCUT2D eigenvalue weighted by atomic mass is 16.5. The van der Waals surface area contributed by atoms with Gasteiger partial charge in [-0.05, 0) is 37.3 Å². The third-order valence-electron chi connectivity index (χ3n) is 4.26. The molecule has 2 amide bonds. The van der Waals surface area contributed by atoms with Crippen LogP contribution in [-0.4, -0.2) is 31.4 Å². The van der Waals surface area contributed by atoms with Crippen LogP contribution in [0.5, 0.6) is 0 Å². The first-order valence-electron chi connectivity index (χ1n) is 8.84. The summed E-state index contributed by atoms with van der Waals surface area (Å²) in [4.78, 5) is 38.3. The molecule has 0 aliphatic rings. The Hall–Kier alpha value is -3.81. The fourth-order valence-electron chi connectivity index (χ4n) is 2.64. The third kappa shape index (κ3) is 4.73. The highest BCUT2D eigenvalue weighted by Gasteiger charge is 2.21. The van der Waals surface area contributed by atoms with Crippen molar-refractivity contribution >= 4 is 23.5 Å². The first kappa shape index (κ1) is 19.9. The minimum absolute atomic E-state index is 0.0538. The number of benzene rings is 1. The molecule has 0 spiro atoms. The SMILES string of the molecule is Cc1ccoc1C(=O)OCC(=O)N(C)c1ccccc1C(=O)NCc1ccco1. The Kier molecular flexibility index (Phi) is 6.13. The van der Waals surface area contributed by atoms with E-state index in [9.17, 15) is 14.4 Å². The Morgan fingerprint density at radius 1 is 1.03 bits per heavy atom. The van der Waals surface area contributed by atoms with Crippen LogP contribution in [0.25, 0.3) is 0 Å². The van der Waals surface area contributed by atoms with Gasteiger partial charge in [-0.3, -0.25) is 9.59 Å². The molecule has 2 aromatic heterocycles. The second-order valence-electron chi connectivity index (χ2n) is 6.24. The molecular weight excluding hydrogens is 376 g/mol. The Bertz CT molecular complexity index is 1010. The summed E-state index contributed by atoms with van der Waals surface area (Å²) >= 11 is 0. The second-order valence-corrected chi connectivity index (χ2v) is 6.24. The molecule has 2 heterocycles. The number of nitrogens with zero attached hydrogens (tertiary/aromatic N) is 1. The number of furan rings is 2.